The highest BCUT2D eigenvalue weighted by Crippen LogP contribution is 2.48. The molecule has 0 saturated carbocycles. The van der Waals surface area contributed by atoms with Gasteiger partial charge in [0.05, 0.1) is 13.2 Å². The highest BCUT2D eigenvalue weighted by Gasteiger charge is 2.27. The van der Waals surface area contributed by atoms with Gasteiger partial charge in [0, 0.05) is 25.2 Å². The van der Waals surface area contributed by atoms with Crippen LogP contribution in [0.25, 0.3) is 0 Å². The summed E-state index contributed by atoms with van der Waals surface area (Å²) in [6.45, 7) is 11.2. The highest BCUT2D eigenvalue weighted by molar-refractivity contribution is 7.53. The molecule has 0 aliphatic carbocycles. The van der Waals surface area contributed by atoms with Crippen LogP contribution in [0.5, 0.6) is 0 Å². The van der Waals surface area contributed by atoms with E-state index in [1.54, 1.807) is 18.7 Å². The molecule has 0 unspecified atom stereocenters. The highest BCUT2D eigenvalue weighted by atomic mass is 31.2. The summed E-state index contributed by atoms with van der Waals surface area (Å²) in [5, 5.41) is 0. The van der Waals surface area contributed by atoms with Crippen molar-refractivity contribution in [1.82, 2.24) is 4.90 Å². The van der Waals surface area contributed by atoms with Gasteiger partial charge in [-0.1, -0.05) is 13.2 Å². The Morgan fingerprint density at radius 2 is 1.38 bits per heavy atom. The van der Waals surface area contributed by atoms with Crippen molar-refractivity contribution in [2.24, 2.45) is 0 Å². The standard InChI is InChI=1S/C15H26NO7P/c1-5-14(17)20-11-9-16(10-12-21-15(18)6-2)13-24(19,22-7-3)23-8-4/h5-6H,1-2,7-13H2,3-4H3. The number of rotatable bonds is 14. The molecule has 0 aliphatic heterocycles. The molecule has 0 aliphatic rings. The molecule has 0 fully saturated rings. The van der Waals surface area contributed by atoms with Gasteiger partial charge in [0.2, 0.25) is 0 Å². The topological polar surface area (TPSA) is 91.4 Å². The van der Waals surface area contributed by atoms with Crippen LogP contribution >= 0.6 is 7.60 Å². The first kappa shape index (κ1) is 22.5. The third-order valence-corrected chi connectivity index (χ3v) is 4.71. The van der Waals surface area contributed by atoms with Crippen molar-refractivity contribution < 1.29 is 32.7 Å². The van der Waals surface area contributed by atoms with E-state index in [-0.39, 0.29) is 45.8 Å². The third-order valence-electron chi connectivity index (χ3n) is 2.66. The van der Waals surface area contributed by atoms with Crippen molar-refractivity contribution in [3.63, 3.8) is 0 Å². The maximum atomic E-state index is 12.6. The Morgan fingerprint density at radius 1 is 0.958 bits per heavy atom. The molecule has 0 atom stereocenters. The van der Waals surface area contributed by atoms with Crippen molar-refractivity contribution >= 4 is 19.5 Å². The van der Waals surface area contributed by atoms with Crippen molar-refractivity contribution in [2.75, 3.05) is 45.8 Å². The zero-order valence-electron chi connectivity index (χ0n) is 14.3. The normalized spacial score (nSPS) is 11.1. The van der Waals surface area contributed by atoms with E-state index < -0.39 is 19.5 Å². The monoisotopic (exact) mass is 363 g/mol. The maximum absolute atomic E-state index is 12.6. The Bertz CT molecular complexity index is 431. The van der Waals surface area contributed by atoms with Crippen LogP contribution in [-0.2, 0) is 32.7 Å². The zero-order valence-corrected chi connectivity index (χ0v) is 15.2. The minimum atomic E-state index is -3.31. The Kier molecular flexibility index (Phi) is 12.1. The van der Waals surface area contributed by atoms with Gasteiger partial charge in [0.1, 0.15) is 19.5 Å². The van der Waals surface area contributed by atoms with Gasteiger partial charge in [-0.15, -0.1) is 0 Å². The Labute approximate surface area is 142 Å². The van der Waals surface area contributed by atoms with E-state index in [9.17, 15) is 14.2 Å². The van der Waals surface area contributed by atoms with E-state index in [0.717, 1.165) is 12.2 Å². The lowest BCUT2D eigenvalue weighted by atomic mass is 10.5. The molecule has 0 rings (SSSR count). The molecule has 0 aromatic carbocycles. The largest absolute Gasteiger partial charge is 0.461 e. The lowest BCUT2D eigenvalue weighted by molar-refractivity contribution is -0.138. The molecule has 0 bridgehead atoms. The molecule has 0 amide bonds. The average molecular weight is 363 g/mol. The van der Waals surface area contributed by atoms with Gasteiger partial charge in [-0.3, -0.25) is 9.46 Å². The Morgan fingerprint density at radius 3 is 1.71 bits per heavy atom. The van der Waals surface area contributed by atoms with E-state index in [1.807, 2.05) is 0 Å². The number of esters is 2. The van der Waals surface area contributed by atoms with Crippen LogP contribution in [-0.4, -0.2) is 62.6 Å². The van der Waals surface area contributed by atoms with Crippen molar-refractivity contribution in [1.29, 1.82) is 0 Å². The first-order valence-electron chi connectivity index (χ1n) is 7.59. The molecule has 0 N–H and O–H groups in total. The summed E-state index contributed by atoms with van der Waals surface area (Å²) in [4.78, 5) is 23.8. The first-order valence-corrected chi connectivity index (χ1v) is 9.32. The lowest BCUT2D eigenvalue weighted by Crippen LogP contribution is -2.33. The number of ether oxygens (including phenoxy) is 2. The molecule has 0 aromatic rings. The average Bonchev–Trinajstić information content (AvgIpc) is 2.54. The predicted molar refractivity (Wildman–Crippen MR) is 89.6 cm³/mol. The summed E-state index contributed by atoms with van der Waals surface area (Å²) in [5.41, 5.74) is 0. The molecule has 8 nitrogen and oxygen atoms in total. The van der Waals surface area contributed by atoms with Gasteiger partial charge in [0.15, 0.2) is 0 Å². The van der Waals surface area contributed by atoms with Crippen LogP contribution in [0.15, 0.2) is 25.3 Å². The fraction of sp³-hybridized carbons (Fsp3) is 0.600. The molecule has 0 aromatic heterocycles. The first-order chi connectivity index (χ1) is 11.4. The summed E-state index contributed by atoms with van der Waals surface area (Å²) >= 11 is 0. The molecule has 0 saturated heterocycles. The molecular weight excluding hydrogens is 337 g/mol. The second kappa shape index (κ2) is 12.9. The SMILES string of the molecule is C=CC(=O)OCCN(CCOC(=O)C=C)CP(=O)(OCC)OCC. The van der Waals surface area contributed by atoms with Gasteiger partial charge in [-0.25, -0.2) is 9.59 Å². The molecule has 24 heavy (non-hydrogen) atoms. The van der Waals surface area contributed by atoms with Crippen LogP contribution in [0.1, 0.15) is 13.8 Å². The van der Waals surface area contributed by atoms with Crippen LogP contribution in [0, 0.1) is 0 Å². The Hall–Kier alpha value is -1.47. The summed E-state index contributed by atoms with van der Waals surface area (Å²) < 4.78 is 32.9. The van der Waals surface area contributed by atoms with Crippen molar-refractivity contribution in [3.05, 3.63) is 25.3 Å². The van der Waals surface area contributed by atoms with Crippen molar-refractivity contribution in [3.8, 4) is 0 Å². The van der Waals surface area contributed by atoms with Gasteiger partial charge < -0.3 is 18.5 Å². The second-order valence-electron chi connectivity index (χ2n) is 4.45. The number of hydrogen-bond donors (Lipinski definition) is 0. The van der Waals surface area contributed by atoms with Crippen LogP contribution in [0.2, 0.25) is 0 Å². The Balaban J connectivity index is 4.70. The zero-order chi connectivity index (χ0) is 18.4. The fourth-order valence-electron chi connectivity index (χ4n) is 1.68. The summed E-state index contributed by atoms with van der Waals surface area (Å²) in [6, 6.07) is 0. The number of nitrogens with zero attached hydrogens (tertiary/aromatic N) is 1. The number of carbonyl (C=O) groups excluding carboxylic acids is 2. The van der Waals surface area contributed by atoms with Gasteiger partial charge in [0.25, 0.3) is 0 Å². The van der Waals surface area contributed by atoms with E-state index >= 15 is 0 Å². The maximum Gasteiger partial charge on any atom is 0.344 e. The lowest BCUT2D eigenvalue weighted by Gasteiger charge is -2.26. The van der Waals surface area contributed by atoms with Crippen LogP contribution < -0.4 is 0 Å². The summed E-state index contributed by atoms with van der Waals surface area (Å²) in [6.07, 6.45) is 2.11. The van der Waals surface area contributed by atoms with Crippen LogP contribution in [0.4, 0.5) is 0 Å². The van der Waals surface area contributed by atoms with E-state index in [2.05, 4.69) is 13.2 Å². The van der Waals surface area contributed by atoms with E-state index in [1.165, 1.54) is 0 Å². The summed E-state index contributed by atoms with van der Waals surface area (Å²) in [5.74, 6) is -1.10. The molecule has 0 heterocycles. The second-order valence-corrected chi connectivity index (χ2v) is 6.47. The van der Waals surface area contributed by atoms with Crippen molar-refractivity contribution in [2.45, 2.75) is 13.8 Å². The van der Waals surface area contributed by atoms with Gasteiger partial charge >= 0.3 is 19.5 Å². The predicted octanol–water partition coefficient (Wildman–Crippen LogP) is 1.97. The van der Waals surface area contributed by atoms with Gasteiger partial charge in [-0.2, -0.15) is 0 Å². The summed E-state index contributed by atoms with van der Waals surface area (Å²) in [7, 11) is -3.31. The minimum Gasteiger partial charge on any atom is -0.461 e. The van der Waals surface area contributed by atoms with E-state index in [0.29, 0.717) is 0 Å². The van der Waals surface area contributed by atoms with E-state index in [4.69, 9.17) is 18.5 Å². The molecule has 0 spiro atoms. The minimum absolute atomic E-state index is 0.00798. The molecule has 9 heteroatoms. The smallest absolute Gasteiger partial charge is 0.344 e. The number of hydrogen-bond acceptors (Lipinski definition) is 8. The fourth-order valence-corrected chi connectivity index (χ4v) is 3.48. The molecular formula is C15H26NO7P. The third kappa shape index (κ3) is 10.3. The van der Waals surface area contributed by atoms with Gasteiger partial charge in [-0.05, 0) is 13.8 Å². The molecule has 138 valence electrons. The quantitative estimate of drug-likeness (QED) is 0.263. The molecule has 0 radical (unpaired) electrons. The number of carbonyl (C=O) groups is 2. The van der Waals surface area contributed by atoms with Crippen LogP contribution in [0.3, 0.4) is 0 Å².